The van der Waals surface area contributed by atoms with Crippen LogP contribution in [0.1, 0.15) is 12.5 Å². The Morgan fingerprint density at radius 3 is 2.80 bits per heavy atom. The minimum atomic E-state index is 0.481. The fraction of sp³-hybridized carbons (Fsp3) is 0.231. The van der Waals surface area contributed by atoms with Gasteiger partial charge in [-0.15, -0.1) is 0 Å². The monoisotopic (exact) mass is 312 g/mol. The summed E-state index contributed by atoms with van der Waals surface area (Å²) in [5, 5.41) is 0. The van der Waals surface area contributed by atoms with Crippen LogP contribution in [0.2, 0.25) is 0 Å². The van der Waals surface area contributed by atoms with Crippen LogP contribution in [0.5, 0.6) is 0 Å². The van der Waals surface area contributed by atoms with Gasteiger partial charge in [0, 0.05) is 5.56 Å². The van der Waals surface area contributed by atoms with Crippen molar-refractivity contribution in [2.24, 2.45) is 0 Å². The maximum absolute atomic E-state index is 5.31. The summed E-state index contributed by atoms with van der Waals surface area (Å²) in [6.45, 7) is 3.16. The van der Waals surface area contributed by atoms with Gasteiger partial charge in [0.1, 0.15) is 6.61 Å². The number of benzene rings is 1. The summed E-state index contributed by atoms with van der Waals surface area (Å²) in [6, 6.07) is 9.92. The van der Waals surface area contributed by atoms with Crippen LogP contribution in [0.3, 0.4) is 0 Å². The topological polar surface area (TPSA) is 9.23 Å². The molecule has 0 aliphatic carbocycles. The number of halogens is 1. The third-order valence-corrected chi connectivity index (χ3v) is 2.10. The predicted octanol–water partition coefficient (Wildman–Crippen LogP) is 3.39. The molecule has 0 N–H and O–H groups in total. The maximum atomic E-state index is 5.31. The van der Waals surface area contributed by atoms with Crippen molar-refractivity contribution < 1.29 is 4.74 Å². The van der Waals surface area contributed by atoms with Gasteiger partial charge < -0.3 is 4.74 Å². The second kappa shape index (κ2) is 7.49. The molecule has 0 aromatic heterocycles. The Hall–Kier alpha value is -0.790. The van der Waals surface area contributed by atoms with E-state index in [-0.39, 0.29) is 0 Å². The highest BCUT2D eigenvalue weighted by molar-refractivity contribution is 14.1. The summed E-state index contributed by atoms with van der Waals surface area (Å²) < 4.78 is 6.55. The molecule has 0 unspecified atom stereocenters. The van der Waals surface area contributed by atoms with Crippen molar-refractivity contribution in [2.45, 2.75) is 6.92 Å². The molecule has 0 spiro atoms. The summed E-state index contributed by atoms with van der Waals surface area (Å²) in [6.07, 6.45) is 2.03. The van der Waals surface area contributed by atoms with Crippen LogP contribution in [0.4, 0.5) is 0 Å². The van der Waals surface area contributed by atoms with Gasteiger partial charge in [0.2, 0.25) is 0 Å². The third-order valence-electron chi connectivity index (χ3n) is 1.66. The molecule has 0 amide bonds. The van der Waals surface area contributed by atoms with Crippen LogP contribution in [0.25, 0.3) is 0 Å². The molecule has 2 heteroatoms. The lowest BCUT2D eigenvalue weighted by Crippen LogP contribution is -1.91. The Morgan fingerprint density at radius 1 is 1.40 bits per heavy atom. The molecular weight excluding hydrogens is 299 g/mol. The number of hydrogen-bond acceptors (Lipinski definition) is 1. The Morgan fingerprint density at radius 2 is 2.13 bits per heavy atom. The molecule has 0 aliphatic rings. The highest BCUT2D eigenvalue weighted by Crippen LogP contribution is 2.01. The van der Waals surface area contributed by atoms with Gasteiger partial charge in [-0.1, -0.05) is 30.0 Å². The summed E-state index contributed by atoms with van der Waals surface area (Å²) in [4.78, 5) is 0. The minimum Gasteiger partial charge on any atom is -0.365 e. The largest absolute Gasteiger partial charge is 0.365 e. The lowest BCUT2D eigenvalue weighted by atomic mass is 10.2. The molecule has 0 saturated carbocycles. The summed E-state index contributed by atoms with van der Waals surface area (Å²) in [7, 11) is 0. The number of hydrogen-bond donors (Lipinski definition) is 0. The van der Waals surface area contributed by atoms with Gasteiger partial charge in [-0.2, -0.15) is 0 Å². The van der Waals surface area contributed by atoms with E-state index in [2.05, 4.69) is 34.4 Å². The average Bonchev–Trinajstić information content (AvgIpc) is 2.24. The minimum absolute atomic E-state index is 0.481. The van der Waals surface area contributed by atoms with Gasteiger partial charge >= 0.3 is 0 Å². The van der Waals surface area contributed by atoms with Gasteiger partial charge in [-0.05, 0) is 51.3 Å². The Kier molecular flexibility index (Phi) is 6.14. The van der Waals surface area contributed by atoms with E-state index in [1.807, 2.05) is 43.3 Å². The SMILES string of the molecule is C/C(I)=C/COCC#Cc1ccccc1. The van der Waals surface area contributed by atoms with Gasteiger partial charge in [0.05, 0.1) is 6.61 Å². The van der Waals surface area contributed by atoms with Gasteiger partial charge in [-0.25, -0.2) is 0 Å². The first-order chi connectivity index (χ1) is 7.29. The van der Waals surface area contributed by atoms with Crippen LogP contribution in [0, 0.1) is 11.8 Å². The van der Waals surface area contributed by atoms with Crippen LogP contribution >= 0.6 is 22.6 Å². The highest BCUT2D eigenvalue weighted by atomic mass is 127. The van der Waals surface area contributed by atoms with E-state index in [1.165, 1.54) is 3.58 Å². The molecule has 1 rings (SSSR count). The molecule has 0 saturated heterocycles. The van der Waals surface area contributed by atoms with E-state index in [4.69, 9.17) is 4.74 Å². The van der Waals surface area contributed by atoms with E-state index in [0.717, 1.165) is 5.56 Å². The van der Waals surface area contributed by atoms with E-state index in [9.17, 15) is 0 Å². The molecule has 1 aromatic rings. The molecule has 15 heavy (non-hydrogen) atoms. The van der Waals surface area contributed by atoms with Crippen molar-refractivity contribution in [3.05, 3.63) is 45.6 Å². The smallest absolute Gasteiger partial charge is 0.108 e. The van der Waals surface area contributed by atoms with Gasteiger partial charge in [0.15, 0.2) is 0 Å². The second-order valence-corrected chi connectivity index (χ2v) is 4.68. The van der Waals surface area contributed by atoms with E-state index >= 15 is 0 Å². The van der Waals surface area contributed by atoms with Gasteiger partial charge in [0.25, 0.3) is 0 Å². The van der Waals surface area contributed by atoms with Crippen LogP contribution in [0.15, 0.2) is 40.0 Å². The number of rotatable bonds is 3. The second-order valence-electron chi connectivity index (χ2n) is 2.97. The quantitative estimate of drug-likeness (QED) is 0.472. The summed E-state index contributed by atoms with van der Waals surface area (Å²) in [5.74, 6) is 6.01. The zero-order valence-corrected chi connectivity index (χ0v) is 10.8. The summed E-state index contributed by atoms with van der Waals surface area (Å²) >= 11 is 2.26. The summed E-state index contributed by atoms with van der Waals surface area (Å²) in [5.41, 5.74) is 1.03. The van der Waals surface area contributed by atoms with E-state index < -0.39 is 0 Å². The molecular formula is C13H13IO. The fourth-order valence-corrected chi connectivity index (χ4v) is 1.12. The molecule has 0 bridgehead atoms. The molecule has 1 aromatic carbocycles. The first-order valence-electron chi connectivity index (χ1n) is 4.73. The van der Waals surface area contributed by atoms with Crippen molar-refractivity contribution in [2.75, 3.05) is 13.2 Å². The molecule has 0 heterocycles. The van der Waals surface area contributed by atoms with Crippen molar-refractivity contribution in [3.63, 3.8) is 0 Å². The van der Waals surface area contributed by atoms with E-state index in [0.29, 0.717) is 13.2 Å². The average molecular weight is 312 g/mol. The van der Waals surface area contributed by atoms with Crippen molar-refractivity contribution in [1.29, 1.82) is 0 Å². The first kappa shape index (κ1) is 12.3. The van der Waals surface area contributed by atoms with E-state index in [1.54, 1.807) is 0 Å². The van der Waals surface area contributed by atoms with Crippen molar-refractivity contribution in [3.8, 4) is 11.8 Å². The maximum Gasteiger partial charge on any atom is 0.108 e. The Balaban J connectivity index is 2.26. The lowest BCUT2D eigenvalue weighted by molar-refractivity contribution is 0.199. The normalized spacial score (nSPS) is 10.7. The molecule has 1 nitrogen and oxygen atoms in total. The molecule has 0 fully saturated rings. The third kappa shape index (κ3) is 6.32. The molecule has 0 atom stereocenters. The van der Waals surface area contributed by atoms with Crippen molar-refractivity contribution in [1.82, 2.24) is 0 Å². The number of allylic oxidation sites excluding steroid dienone is 1. The lowest BCUT2D eigenvalue weighted by Gasteiger charge is -1.93. The zero-order valence-electron chi connectivity index (χ0n) is 8.66. The highest BCUT2D eigenvalue weighted by Gasteiger charge is 1.82. The molecule has 0 aliphatic heterocycles. The molecule has 0 radical (unpaired) electrons. The van der Waals surface area contributed by atoms with Crippen LogP contribution in [-0.4, -0.2) is 13.2 Å². The van der Waals surface area contributed by atoms with Gasteiger partial charge in [-0.3, -0.25) is 0 Å². The van der Waals surface area contributed by atoms with Crippen LogP contribution in [-0.2, 0) is 4.74 Å². The fourth-order valence-electron chi connectivity index (χ4n) is 0.943. The predicted molar refractivity (Wildman–Crippen MR) is 71.9 cm³/mol. The van der Waals surface area contributed by atoms with Crippen LogP contribution < -0.4 is 0 Å². The standard InChI is InChI=1S/C13H13IO/c1-12(14)9-11-15-10-5-8-13-6-3-2-4-7-13/h2-4,6-7,9H,10-11H2,1H3/b12-9-. The first-order valence-corrected chi connectivity index (χ1v) is 5.81. The Labute approximate surface area is 105 Å². The van der Waals surface area contributed by atoms with Crippen molar-refractivity contribution >= 4 is 22.6 Å². The number of ether oxygens (including phenoxy) is 1. The zero-order chi connectivity index (χ0) is 10.9. The molecule has 78 valence electrons. The Bertz CT molecular complexity index is 367.